The highest BCUT2D eigenvalue weighted by Gasteiger charge is 2.08. The molecule has 0 amide bonds. The Morgan fingerprint density at radius 3 is 3.06 bits per heavy atom. The molecule has 2 N–H and O–H groups in total. The molecular weight excluding hydrogens is 298 g/mol. The minimum absolute atomic E-state index is 0.248. The SMILES string of the molecule is CCc1nn(C)cc1CNc1cn[nH]c(=O)c1Br. The Bertz CT molecular complexity index is 604. The Labute approximate surface area is 113 Å². The van der Waals surface area contributed by atoms with E-state index >= 15 is 0 Å². The fraction of sp³-hybridized carbons (Fsp3) is 0.364. The molecule has 0 atom stereocenters. The first-order chi connectivity index (χ1) is 8.61. The first kappa shape index (κ1) is 12.8. The molecule has 0 bridgehead atoms. The molecule has 0 aliphatic rings. The number of H-pyrrole nitrogens is 1. The van der Waals surface area contributed by atoms with Gasteiger partial charge in [-0.1, -0.05) is 6.92 Å². The molecule has 0 aromatic carbocycles. The summed E-state index contributed by atoms with van der Waals surface area (Å²) < 4.78 is 2.25. The monoisotopic (exact) mass is 311 g/mol. The minimum Gasteiger partial charge on any atom is -0.378 e. The molecule has 0 fully saturated rings. The Morgan fingerprint density at radius 1 is 1.56 bits per heavy atom. The maximum atomic E-state index is 11.4. The van der Waals surface area contributed by atoms with E-state index in [0.717, 1.165) is 17.7 Å². The van der Waals surface area contributed by atoms with Crippen molar-refractivity contribution in [2.24, 2.45) is 7.05 Å². The van der Waals surface area contributed by atoms with Crippen molar-refractivity contribution in [2.45, 2.75) is 19.9 Å². The summed E-state index contributed by atoms with van der Waals surface area (Å²) in [7, 11) is 1.90. The number of nitrogens with one attached hydrogen (secondary N) is 2. The van der Waals surface area contributed by atoms with E-state index in [9.17, 15) is 4.79 Å². The van der Waals surface area contributed by atoms with E-state index in [0.29, 0.717) is 16.7 Å². The lowest BCUT2D eigenvalue weighted by Gasteiger charge is -2.06. The van der Waals surface area contributed by atoms with Crippen molar-refractivity contribution >= 4 is 21.6 Å². The molecule has 96 valence electrons. The molecule has 7 heteroatoms. The van der Waals surface area contributed by atoms with Crippen LogP contribution in [0, 0.1) is 0 Å². The summed E-state index contributed by atoms with van der Waals surface area (Å²) in [6, 6.07) is 0. The summed E-state index contributed by atoms with van der Waals surface area (Å²) in [4.78, 5) is 11.4. The van der Waals surface area contributed by atoms with Crippen molar-refractivity contribution in [1.29, 1.82) is 0 Å². The fourth-order valence-corrected chi connectivity index (χ4v) is 2.06. The van der Waals surface area contributed by atoms with E-state index in [4.69, 9.17) is 0 Å². The van der Waals surface area contributed by atoms with E-state index < -0.39 is 0 Å². The van der Waals surface area contributed by atoms with E-state index in [1.54, 1.807) is 10.9 Å². The zero-order valence-electron chi connectivity index (χ0n) is 10.2. The number of aromatic nitrogens is 4. The maximum absolute atomic E-state index is 11.4. The number of rotatable bonds is 4. The fourth-order valence-electron chi connectivity index (χ4n) is 1.73. The molecular formula is C11H14BrN5O. The van der Waals surface area contributed by atoms with Crippen LogP contribution in [0.25, 0.3) is 0 Å². The average molecular weight is 312 g/mol. The van der Waals surface area contributed by atoms with Crippen LogP contribution in [0.2, 0.25) is 0 Å². The van der Waals surface area contributed by atoms with Gasteiger partial charge < -0.3 is 5.32 Å². The van der Waals surface area contributed by atoms with Crippen LogP contribution in [0.15, 0.2) is 21.7 Å². The Kier molecular flexibility index (Phi) is 3.81. The highest BCUT2D eigenvalue weighted by Crippen LogP contribution is 2.17. The van der Waals surface area contributed by atoms with Gasteiger partial charge in [-0.05, 0) is 22.4 Å². The average Bonchev–Trinajstić information content (AvgIpc) is 2.71. The summed E-state index contributed by atoms with van der Waals surface area (Å²) in [5.74, 6) is 0. The van der Waals surface area contributed by atoms with Gasteiger partial charge in [-0.15, -0.1) is 0 Å². The van der Waals surface area contributed by atoms with Gasteiger partial charge in [0.2, 0.25) is 0 Å². The second-order valence-electron chi connectivity index (χ2n) is 3.91. The van der Waals surface area contributed by atoms with Crippen molar-refractivity contribution < 1.29 is 0 Å². The summed E-state index contributed by atoms with van der Waals surface area (Å²) in [6.07, 6.45) is 4.43. The summed E-state index contributed by atoms with van der Waals surface area (Å²) in [5.41, 5.74) is 2.60. The lowest BCUT2D eigenvalue weighted by molar-refractivity contribution is 0.746. The Balaban J connectivity index is 2.16. The van der Waals surface area contributed by atoms with E-state index in [2.05, 4.69) is 43.5 Å². The number of anilines is 1. The van der Waals surface area contributed by atoms with Crippen LogP contribution in [0.3, 0.4) is 0 Å². The first-order valence-corrected chi connectivity index (χ1v) is 6.39. The van der Waals surface area contributed by atoms with E-state index in [-0.39, 0.29) is 5.56 Å². The van der Waals surface area contributed by atoms with Crippen LogP contribution in [0.1, 0.15) is 18.2 Å². The van der Waals surface area contributed by atoms with Crippen LogP contribution >= 0.6 is 15.9 Å². The lowest BCUT2D eigenvalue weighted by atomic mass is 10.2. The van der Waals surface area contributed by atoms with Crippen LogP contribution in [-0.4, -0.2) is 20.0 Å². The number of hydrogen-bond donors (Lipinski definition) is 2. The van der Waals surface area contributed by atoms with Gasteiger partial charge in [0.25, 0.3) is 5.56 Å². The van der Waals surface area contributed by atoms with Crippen molar-refractivity contribution in [3.8, 4) is 0 Å². The molecule has 6 nitrogen and oxygen atoms in total. The highest BCUT2D eigenvalue weighted by molar-refractivity contribution is 9.10. The molecule has 0 aliphatic heterocycles. The molecule has 0 saturated heterocycles. The summed E-state index contributed by atoms with van der Waals surface area (Å²) >= 11 is 3.23. The number of aromatic amines is 1. The molecule has 2 rings (SSSR count). The number of halogens is 1. The topological polar surface area (TPSA) is 75.6 Å². The smallest absolute Gasteiger partial charge is 0.280 e. The molecule has 0 radical (unpaired) electrons. The second kappa shape index (κ2) is 5.34. The third kappa shape index (κ3) is 2.61. The molecule has 0 unspecified atom stereocenters. The summed E-state index contributed by atoms with van der Waals surface area (Å²) in [6.45, 7) is 2.68. The zero-order valence-corrected chi connectivity index (χ0v) is 11.8. The minimum atomic E-state index is -0.248. The molecule has 0 saturated carbocycles. The normalized spacial score (nSPS) is 10.6. The van der Waals surface area contributed by atoms with E-state index in [1.165, 1.54) is 0 Å². The molecule has 2 heterocycles. The first-order valence-electron chi connectivity index (χ1n) is 5.60. The van der Waals surface area contributed by atoms with Gasteiger partial charge in [0.1, 0.15) is 4.47 Å². The largest absolute Gasteiger partial charge is 0.378 e. The lowest BCUT2D eigenvalue weighted by Crippen LogP contribution is -2.12. The predicted octanol–water partition coefficient (Wildman–Crippen LogP) is 1.44. The predicted molar refractivity (Wildman–Crippen MR) is 72.5 cm³/mol. The van der Waals surface area contributed by atoms with Gasteiger partial charge in [-0.2, -0.15) is 10.2 Å². The third-order valence-corrected chi connectivity index (χ3v) is 3.38. The zero-order chi connectivity index (χ0) is 13.1. The molecule has 18 heavy (non-hydrogen) atoms. The molecule has 2 aromatic rings. The highest BCUT2D eigenvalue weighted by atomic mass is 79.9. The van der Waals surface area contributed by atoms with Gasteiger partial charge >= 0.3 is 0 Å². The van der Waals surface area contributed by atoms with Crippen LogP contribution in [0.4, 0.5) is 5.69 Å². The number of hydrogen-bond acceptors (Lipinski definition) is 4. The van der Waals surface area contributed by atoms with Crippen LogP contribution in [0.5, 0.6) is 0 Å². The number of aryl methyl sites for hydroxylation is 2. The van der Waals surface area contributed by atoms with E-state index in [1.807, 2.05) is 13.2 Å². The second-order valence-corrected chi connectivity index (χ2v) is 4.70. The molecule has 0 spiro atoms. The van der Waals surface area contributed by atoms with Gasteiger partial charge in [0, 0.05) is 25.4 Å². The van der Waals surface area contributed by atoms with Crippen LogP contribution < -0.4 is 10.9 Å². The summed E-state index contributed by atoms with van der Waals surface area (Å²) in [5, 5.41) is 13.6. The Hall–Kier alpha value is -1.63. The van der Waals surface area contributed by atoms with Crippen molar-refractivity contribution in [1.82, 2.24) is 20.0 Å². The third-order valence-electron chi connectivity index (χ3n) is 2.59. The molecule has 2 aromatic heterocycles. The van der Waals surface area contributed by atoms with Crippen molar-refractivity contribution in [3.05, 3.63) is 38.5 Å². The number of nitrogens with zero attached hydrogens (tertiary/aromatic N) is 3. The van der Waals surface area contributed by atoms with Crippen molar-refractivity contribution in [2.75, 3.05) is 5.32 Å². The van der Waals surface area contributed by atoms with Crippen LogP contribution in [-0.2, 0) is 20.0 Å². The molecule has 0 aliphatic carbocycles. The van der Waals surface area contributed by atoms with Crippen molar-refractivity contribution in [3.63, 3.8) is 0 Å². The Morgan fingerprint density at radius 2 is 2.33 bits per heavy atom. The van der Waals surface area contributed by atoms with Gasteiger partial charge in [-0.3, -0.25) is 9.48 Å². The quantitative estimate of drug-likeness (QED) is 0.896. The van der Waals surface area contributed by atoms with Gasteiger partial charge in [0.15, 0.2) is 0 Å². The standard InChI is InChI=1S/C11H14BrN5O/c1-3-8-7(6-17(2)16-8)4-13-9-5-14-15-11(18)10(9)12/h5-6H,3-4H2,1-2H3,(H2,13,15,18). The van der Waals surface area contributed by atoms with Gasteiger partial charge in [-0.25, -0.2) is 5.10 Å². The van der Waals surface area contributed by atoms with Gasteiger partial charge in [0.05, 0.1) is 17.6 Å². The maximum Gasteiger partial charge on any atom is 0.280 e.